The van der Waals surface area contributed by atoms with Gasteiger partial charge < -0.3 is 11.1 Å². The molecule has 0 aliphatic heterocycles. The van der Waals surface area contributed by atoms with Gasteiger partial charge in [0, 0.05) is 25.0 Å². The number of hydrogen-bond donors (Lipinski definition) is 2. The lowest BCUT2D eigenvalue weighted by Gasteiger charge is -2.09. The molecule has 0 saturated heterocycles. The Balaban J connectivity index is 0.00000180. The molecule has 6 nitrogen and oxygen atoms in total. The molecule has 2 aromatic heterocycles. The molecule has 9 heteroatoms. The SMILES string of the molecule is C[C@@H](CN)NC(=O)c1cnc(-c2ncccn2)s1.Cl.Cl. The van der Waals surface area contributed by atoms with Crippen molar-refractivity contribution in [1.82, 2.24) is 20.3 Å². The van der Waals surface area contributed by atoms with Gasteiger partial charge in [0.15, 0.2) is 10.8 Å². The Morgan fingerprint density at radius 2 is 2.00 bits per heavy atom. The summed E-state index contributed by atoms with van der Waals surface area (Å²) in [6, 6.07) is 1.67. The average molecular weight is 336 g/mol. The van der Waals surface area contributed by atoms with Crippen molar-refractivity contribution in [2.24, 2.45) is 5.73 Å². The summed E-state index contributed by atoms with van der Waals surface area (Å²) in [6.07, 6.45) is 4.80. The summed E-state index contributed by atoms with van der Waals surface area (Å²) >= 11 is 1.26. The Kier molecular flexibility index (Phi) is 8.24. The number of nitrogens with zero attached hydrogens (tertiary/aromatic N) is 3. The summed E-state index contributed by atoms with van der Waals surface area (Å²) in [4.78, 5) is 24.7. The van der Waals surface area contributed by atoms with Gasteiger partial charge in [-0.25, -0.2) is 15.0 Å². The monoisotopic (exact) mass is 335 g/mol. The second-order valence-electron chi connectivity index (χ2n) is 3.71. The molecule has 0 aliphatic rings. The molecule has 110 valence electrons. The van der Waals surface area contributed by atoms with E-state index in [9.17, 15) is 4.79 Å². The number of halogens is 2. The second kappa shape index (κ2) is 8.80. The van der Waals surface area contributed by atoms with Crippen molar-refractivity contribution in [3.8, 4) is 10.8 Å². The van der Waals surface area contributed by atoms with Crippen molar-refractivity contribution >= 4 is 42.1 Å². The summed E-state index contributed by atoms with van der Waals surface area (Å²) in [5, 5.41) is 3.40. The van der Waals surface area contributed by atoms with E-state index in [1.54, 1.807) is 18.5 Å². The Bertz CT molecular complexity index is 537. The predicted molar refractivity (Wildman–Crippen MR) is 83.6 cm³/mol. The zero-order chi connectivity index (χ0) is 13.0. The number of thiazole rings is 1. The zero-order valence-corrected chi connectivity index (χ0v) is 13.1. The lowest BCUT2D eigenvalue weighted by Crippen LogP contribution is -2.37. The smallest absolute Gasteiger partial charge is 0.263 e. The van der Waals surface area contributed by atoms with E-state index < -0.39 is 0 Å². The first-order valence-electron chi connectivity index (χ1n) is 5.45. The van der Waals surface area contributed by atoms with Crippen molar-refractivity contribution in [2.45, 2.75) is 13.0 Å². The van der Waals surface area contributed by atoms with Gasteiger partial charge in [0.1, 0.15) is 4.88 Å². The molecule has 0 fully saturated rings. The number of carbonyl (C=O) groups excluding carboxylic acids is 1. The van der Waals surface area contributed by atoms with Crippen LogP contribution in [0.3, 0.4) is 0 Å². The van der Waals surface area contributed by atoms with Crippen LogP contribution >= 0.6 is 36.2 Å². The van der Waals surface area contributed by atoms with Gasteiger partial charge in [-0.05, 0) is 13.0 Å². The standard InChI is InChI=1S/C11H13N5OS.2ClH/c1-7(5-12)16-10(17)8-6-15-11(18-8)9-13-3-2-4-14-9;;/h2-4,6-7H,5,12H2,1H3,(H,16,17);2*1H/t7-;;/m0../s1. The highest BCUT2D eigenvalue weighted by atomic mass is 35.5. The number of rotatable bonds is 4. The minimum Gasteiger partial charge on any atom is -0.348 e. The maximum Gasteiger partial charge on any atom is 0.263 e. The van der Waals surface area contributed by atoms with Gasteiger partial charge in [-0.3, -0.25) is 4.79 Å². The van der Waals surface area contributed by atoms with Crippen LogP contribution in [0, 0.1) is 0 Å². The number of nitrogens with two attached hydrogens (primary N) is 1. The fraction of sp³-hybridized carbons (Fsp3) is 0.273. The molecular formula is C11H15Cl2N5OS. The second-order valence-corrected chi connectivity index (χ2v) is 4.74. The van der Waals surface area contributed by atoms with Crippen LogP contribution < -0.4 is 11.1 Å². The normalized spacial score (nSPS) is 10.9. The minimum absolute atomic E-state index is 0. The van der Waals surface area contributed by atoms with Crippen molar-refractivity contribution in [3.05, 3.63) is 29.5 Å². The van der Waals surface area contributed by atoms with Crippen molar-refractivity contribution in [1.29, 1.82) is 0 Å². The molecule has 0 aromatic carbocycles. The van der Waals surface area contributed by atoms with E-state index >= 15 is 0 Å². The van der Waals surface area contributed by atoms with E-state index in [-0.39, 0.29) is 36.8 Å². The predicted octanol–water partition coefficient (Wildman–Crippen LogP) is 1.52. The first-order valence-corrected chi connectivity index (χ1v) is 6.26. The molecule has 3 N–H and O–H groups in total. The quantitative estimate of drug-likeness (QED) is 0.883. The third-order valence-electron chi connectivity index (χ3n) is 2.22. The molecule has 0 spiro atoms. The molecule has 20 heavy (non-hydrogen) atoms. The van der Waals surface area contributed by atoms with Crippen LogP contribution in [0.4, 0.5) is 0 Å². The Morgan fingerprint density at radius 3 is 2.60 bits per heavy atom. The summed E-state index contributed by atoms with van der Waals surface area (Å²) in [5.41, 5.74) is 5.45. The van der Waals surface area contributed by atoms with Gasteiger partial charge in [-0.1, -0.05) is 0 Å². The molecule has 2 heterocycles. The molecule has 2 rings (SSSR count). The number of carbonyl (C=O) groups is 1. The maximum atomic E-state index is 11.8. The molecule has 0 bridgehead atoms. The first kappa shape index (κ1) is 18.7. The largest absolute Gasteiger partial charge is 0.348 e. The van der Waals surface area contributed by atoms with Crippen LogP contribution in [0.2, 0.25) is 0 Å². The summed E-state index contributed by atoms with van der Waals surface area (Å²) < 4.78 is 0. The molecule has 0 saturated carbocycles. The Hall–Kier alpha value is -1.28. The highest BCUT2D eigenvalue weighted by Gasteiger charge is 2.14. The van der Waals surface area contributed by atoms with Crippen molar-refractivity contribution in [2.75, 3.05) is 6.54 Å². The third-order valence-corrected chi connectivity index (χ3v) is 3.21. The molecule has 1 amide bonds. The van der Waals surface area contributed by atoms with Gasteiger partial charge in [-0.2, -0.15) is 0 Å². The van der Waals surface area contributed by atoms with Crippen molar-refractivity contribution in [3.63, 3.8) is 0 Å². The van der Waals surface area contributed by atoms with Crippen LogP contribution in [0.1, 0.15) is 16.6 Å². The van der Waals surface area contributed by atoms with E-state index in [2.05, 4.69) is 20.3 Å². The highest BCUT2D eigenvalue weighted by molar-refractivity contribution is 7.16. The molecule has 0 unspecified atom stereocenters. The van der Waals surface area contributed by atoms with Gasteiger partial charge in [0.25, 0.3) is 5.91 Å². The molecule has 0 aliphatic carbocycles. The van der Waals surface area contributed by atoms with Crippen LogP contribution in [0.25, 0.3) is 10.8 Å². The number of amides is 1. The molecule has 1 atom stereocenters. The van der Waals surface area contributed by atoms with E-state index in [1.807, 2.05) is 6.92 Å². The number of nitrogens with one attached hydrogen (secondary N) is 1. The zero-order valence-electron chi connectivity index (χ0n) is 10.6. The third kappa shape index (κ3) is 4.68. The number of aromatic nitrogens is 3. The molecule has 0 radical (unpaired) electrons. The van der Waals surface area contributed by atoms with Crippen LogP contribution in [0.15, 0.2) is 24.7 Å². The van der Waals surface area contributed by atoms with E-state index in [4.69, 9.17) is 5.73 Å². The topological polar surface area (TPSA) is 93.8 Å². The minimum atomic E-state index is -0.173. The summed E-state index contributed by atoms with van der Waals surface area (Å²) in [7, 11) is 0. The van der Waals surface area contributed by atoms with E-state index in [0.29, 0.717) is 22.3 Å². The fourth-order valence-corrected chi connectivity index (χ4v) is 2.01. The fourth-order valence-electron chi connectivity index (χ4n) is 1.25. The van der Waals surface area contributed by atoms with Gasteiger partial charge >= 0.3 is 0 Å². The molecule has 2 aromatic rings. The lowest BCUT2D eigenvalue weighted by atomic mass is 10.3. The average Bonchev–Trinajstić information content (AvgIpc) is 2.89. The van der Waals surface area contributed by atoms with Crippen LogP contribution in [-0.2, 0) is 0 Å². The van der Waals surface area contributed by atoms with Crippen molar-refractivity contribution < 1.29 is 4.79 Å². The van der Waals surface area contributed by atoms with Crippen LogP contribution in [0.5, 0.6) is 0 Å². The van der Waals surface area contributed by atoms with E-state index in [1.165, 1.54) is 17.5 Å². The van der Waals surface area contributed by atoms with E-state index in [0.717, 1.165) is 0 Å². The number of hydrogen-bond acceptors (Lipinski definition) is 6. The lowest BCUT2D eigenvalue weighted by molar-refractivity contribution is 0.0945. The Labute approximate surface area is 133 Å². The summed E-state index contributed by atoms with van der Waals surface area (Å²) in [6.45, 7) is 2.25. The maximum absolute atomic E-state index is 11.8. The first-order chi connectivity index (χ1) is 8.70. The Morgan fingerprint density at radius 1 is 1.35 bits per heavy atom. The summed E-state index contributed by atoms with van der Waals surface area (Å²) in [5.74, 6) is 0.348. The van der Waals surface area contributed by atoms with Gasteiger partial charge in [-0.15, -0.1) is 36.2 Å². The molecular weight excluding hydrogens is 321 g/mol. The van der Waals surface area contributed by atoms with Gasteiger partial charge in [0.2, 0.25) is 0 Å². The van der Waals surface area contributed by atoms with Crippen LogP contribution in [-0.4, -0.2) is 33.4 Å². The van der Waals surface area contributed by atoms with Gasteiger partial charge in [0.05, 0.1) is 6.20 Å². The highest BCUT2D eigenvalue weighted by Crippen LogP contribution is 2.21.